The van der Waals surface area contributed by atoms with Gasteiger partial charge >= 0.3 is 5.97 Å². The summed E-state index contributed by atoms with van der Waals surface area (Å²) in [5, 5.41) is 37.9. The van der Waals surface area contributed by atoms with Crippen molar-refractivity contribution in [2.75, 3.05) is 0 Å². The van der Waals surface area contributed by atoms with Gasteiger partial charge in [0.1, 0.15) is 0 Å². The van der Waals surface area contributed by atoms with Crippen LogP contribution >= 0.6 is 0 Å². The fraction of sp³-hybridized carbons (Fsp3) is 0.650. The number of unbranched alkanes of at least 4 members (excludes halogenated alkanes) is 3. The highest BCUT2D eigenvalue weighted by Crippen LogP contribution is 2.07. The molecule has 0 bridgehead atoms. The molecule has 0 aromatic rings. The van der Waals surface area contributed by atoms with Crippen molar-refractivity contribution in [1.29, 1.82) is 0 Å². The average Bonchev–Trinajstić information content (AvgIpc) is 2.57. The van der Waals surface area contributed by atoms with E-state index >= 15 is 0 Å². The lowest BCUT2D eigenvalue weighted by Crippen LogP contribution is -2.23. The Labute approximate surface area is 151 Å². The summed E-state index contributed by atoms with van der Waals surface area (Å²) in [5.41, 5.74) is 0. The van der Waals surface area contributed by atoms with E-state index in [-0.39, 0.29) is 6.42 Å². The Morgan fingerprint density at radius 3 is 2.36 bits per heavy atom. The van der Waals surface area contributed by atoms with E-state index in [1.54, 1.807) is 12.2 Å². The van der Waals surface area contributed by atoms with Crippen molar-refractivity contribution in [3.8, 4) is 0 Å². The molecule has 4 N–H and O–H groups in total. The predicted octanol–water partition coefficient (Wildman–Crippen LogP) is 3.35. The van der Waals surface area contributed by atoms with Gasteiger partial charge in [-0.2, -0.15) is 0 Å². The third kappa shape index (κ3) is 15.8. The van der Waals surface area contributed by atoms with Crippen molar-refractivity contribution in [3.05, 3.63) is 36.5 Å². The van der Waals surface area contributed by atoms with Gasteiger partial charge in [-0.1, -0.05) is 62.6 Å². The zero-order chi connectivity index (χ0) is 18.9. The van der Waals surface area contributed by atoms with Gasteiger partial charge in [0.05, 0.1) is 18.3 Å². The zero-order valence-electron chi connectivity index (χ0n) is 15.3. The van der Waals surface area contributed by atoms with Crippen LogP contribution in [0.15, 0.2) is 36.5 Å². The fourth-order valence-corrected chi connectivity index (χ4v) is 2.21. The summed E-state index contributed by atoms with van der Waals surface area (Å²) in [7, 11) is 0. The summed E-state index contributed by atoms with van der Waals surface area (Å²) in [6.07, 6.45) is 14.6. The summed E-state index contributed by atoms with van der Waals surface area (Å²) in [6, 6.07) is 0. The first-order chi connectivity index (χ1) is 12.0. The lowest BCUT2D eigenvalue weighted by molar-refractivity contribution is -0.137. The van der Waals surface area contributed by atoms with Gasteiger partial charge < -0.3 is 20.4 Å². The average molecular weight is 354 g/mol. The molecule has 0 aromatic heterocycles. The SMILES string of the molecule is CCCCCC(O)/C=C/C(O)C(O)C/C=C/C/C=C/CCCC(=O)O. The molecule has 0 spiro atoms. The molecule has 0 fully saturated rings. The molecule has 0 radical (unpaired) electrons. The number of aliphatic hydroxyl groups is 3. The number of hydrogen-bond acceptors (Lipinski definition) is 4. The molecular formula is C20H34O5. The summed E-state index contributed by atoms with van der Waals surface area (Å²) in [6.45, 7) is 2.10. The number of carboxylic acids is 1. The summed E-state index contributed by atoms with van der Waals surface area (Å²) >= 11 is 0. The van der Waals surface area contributed by atoms with E-state index in [4.69, 9.17) is 5.11 Å². The molecule has 144 valence electrons. The molecule has 3 atom stereocenters. The summed E-state index contributed by atoms with van der Waals surface area (Å²) < 4.78 is 0. The second-order valence-electron chi connectivity index (χ2n) is 6.21. The minimum absolute atomic E-state index is 0.186. The predicted molar refractivity (Wildman–Crippen MR) is 100 cm³/mol. The minimum atomic E-state index is -0.989. The van der Waals surface area contributed by atoms with Crippen molar-refractivity contribution in [3.63, 3.8) is 0 Å². The molecule has 0 saturated carbocycles. The van der Waals surface area contributed by atoms with E-state index < -0.39 is 24.3 Å². The number of aliphatic carboxylic acids is 1. The van der Waals surface area contributed by atoms with Crippen LogP contribution in [0.1, 0.15) is 64.7 Å². The number of carboxylic acid groups (broad SMARTS) is 1. The molecular weight excluding hydrogens is 320 g/mol. The number of hydrogen-bond donors (Lipinski definition) is 4. The van der Waals surface area contributed by atoms with E-state index in [0.717, 1.165) is 25.7 Å². The maximum absolute atomic E-state index is 10.3. The molecule has 3 unspecified atom stereocenters. The van der Waals surface area contributed by atoms with Crippen LogP contribution in [0.4, 0.5) is 0 Å². The first kappa shape index (κ1) is 23.6. The molecule has 0 heterocycles. The third-order valence-electron chi connectivity index (χ3n) is 3.77. The minimum Gasteiger partial charge on any atom is -0.481 e. The third-order valence-corrected chi connectivity index (χ3v) is 3.77. The molecule has 0 saturated heterocycles. The molecule has 0 aliphatic rings. The molecule has 5 nitrogen and oxygen atoms in total. The van der Waals surface area contributed by atoms with Crippen LogP contribution in [0, 0.1) is 0 Å². The van der Waals surface area contributed by atoms with Gasteiger partial charge in [0.15, 0.2) is 0 Å². The smallest absolute Gasteiger partial charge is 0.303 e. The number of allylic oxidation sites excluding steroid dienone is 3. The second-order valence-corrected chi connectivity index (χ2v) is 6.21. The highest BCUT2D eigenvalue weighted by molar-refractivity contribution is 5.66. The first-order valence-electron chi connectivity index (χ1n) is 9.21. The largest absolute Gasteiger partial charge is 0.481 e. The van der Waals surface area contributed by atoms with Crippen molar-refractivity contribution in [2.45, 2.75) is 83.0 Å². The van der Waals surface area contributed by atoms with Crippen LogP contribution in [0.5, 0.6) is 0 Å². The van der Waals surface area contributed by atoms with Crippen molar-refractivity contribution in [2.24, 2.45) is 0 Å². The molecule has 0 aliphatic carbocycles. The van der Waals surface area contributed by atoms with Crippen LogP contribution < -0.4 is 0 Å². The van der Waals surface area contributed by atoms with E-state index in [2.05, 4.69) is 6.92 Å². The fourth-order valence-electron chi connectivity index (χ4n) is 2.21. The van der Waals surface area contributed by atoms with Crippen molar-refractivity contribution >= 4 is 5.97 Å². The second kappa shape index (κ2) is 16.1. The number of aliphatic hydroxyl groups excluding tert-OH is 3. The van der Waals surface area contributed by atoms with E-state index in [9.17, 15) is 20.1 Å². The molecule has 0 aromatic carbocycles. The van der Waals surface area contributed by atoms with E-state index in [1.165, 1.54) is 6.08 Å². The van der Waals surface area contributed by atoms with Crippen molar-refractivity contribution in [1.82, 2.24) is 0 Å². The van der Waals surface area contributed by atoms with Crippen LogP contribution in [0.25, 0.3) is 0 Å². The first-order valence-corrected chi connectivity index (χ1v) is 9.21. The summed E-state index contributed by atoms with van der Waals surface area (Å²) in [5.74, 6) is -0.775. The molecule has 0 aliphatic heterocycles. The van der Waals surface area contributed by atoms with Gasteiger partial charge in [-0.15, -0.1) is 0 Å². The van der Waals surface area contributed by atoms with Gasteiger partial charge in [0.25, 0.3) is 0 Å². The normalized spacial score (nSPS) is 16.0. The Morgan fingerprint density at radius 1 is 0.960 bits per heavy atom. The molecule has 0 amide bonds. The van der Waals surface area contributed by atoms with Gasteiger partial charge in [-0.3, -0.25) is 4.79 Å². The Morgan fingerprint density at radius 2 is 1.68 bits per heavy atom. The highest BCUT2D eigenvalue weighted by Gasteiger charge is 2.11. The molecule has 5 heteroatoms. The quantitative estimate of drug-likeness (QED) is 0.267. The number of rotatable bonds is 15. The van der Waals surface area contributed by atoms with E-state index in [1.807, 2.05) is 18.2 Å². The highest BCUT2D eigenvalue weighted by atomic mass is 16.4. The van der Waals surface area contributed by atoms with Crippen LogP contribution in [0.3, 0.4) is 0 Å². The molecule has 25 heavy (non-hydrogen) atoms. The monoisotopic (exact) mass is 354 g/mol. The lowest BCUT2D eigenvalue weighted by Gasteiger charge is -2.13. The Hall–Kier alpha value is -1.43. The van der Waals surface area contributed by atoms with Crippen LogP contribution in [-0.2, 0) is 4.79 Å². The molecule has 0 rings (SSSR count). The van der Waals surface area contributed by atoms with Crippen molar-refractivity contribution < 1.29 is 25.2 Å². The standard InChI is InChI=1S/C20H34O5/c1-2-3-9-12-17(21)15-16-19(23)18(22)13-10-7-5-4-6-8-11-14-20(24)25/h4,6-7,10,15-19,21-23H,2-3,5,8-9,11-14H2,1H3,(H,24,25)/b6-4+,10-7+,16-15+. The Kier molecular flexibility index (Phi) is 15.1. The van der Waals surface area contributed by atoms with Gasteiger partial charge in [-0.05, 0) is 32.1 Å². The zero-order valence-corrected chi connectivity index (χ0v) is 15.3. The Balaban J connectivity index is 3.86. The van der Waals surface area contributed by atoms with Gasteiger partial charge in [0.2, 0.25) is 0 Å². The van der Waals surface area contributed by atoms with Gasteiger partial charge in [-0.25, -0.2) is 0 Å². The van der Waals surface area contributed by atoms with Gasteiger partial charge in [0, 0.05) is 6.42 Å². The van der Waals surface area contributed by atoms with Crippen LogP contribution in [0.2, 0.25) is 0 Å². The maximum Gasteiger partial charge on any atom is 0.303 e. The Bertz CT molecular complexity index is 414. The topological polar surface area (TPSA) is 98.0 Å². The van der Waals surface area contributed by atoms with Crippen LogP contribution in [-0.4, -0.2) is 44.7 Å². The maximum atomic E-state index is 10.3. The summed E-state index contributed by atoms with van der Waals surface area (Å²) in [4.78, 5) is 10.3. The lowest BCUT2D eigenvalue weighted by atomic mass is 10.1. The number of carbonyl (C=O) groups is 1. The van der Waals surface area contributed by atoms with E-state index in [0.29, 0.717) is 25.7 Å².